The van der Waals surface area contributed by atoms with Gasteiger partial charge in [0, 0.05) is 6.20 Å². The van der Waals surface area contributed by atoms with E-state index in [-0.39, 0.29) is 23.7 Å². The first-order chi connectivity index (χ1) is 16.4. The Morgan fingerprint density at radius 3 is 2.56 bits per heavy atom. The molecule has 0 bridgehead atoms. The molecule has 2 heterocycles. The number of nitrogens with one attached hydrogen (secondary N) is 1. The van der Waals surface area contributed by atoms with Gasteiger partial charge in [0.1, 0.15) is 18.2 Å². The number of aromatic nitrogens is 3. The number of amides is 1. The van der Waals surface area contributed by atoms with E-state index in [0.29, 0.717) is 23.6 Å². The monoisotopic (exact) mass is 458 g/mol. The number of carbonyl (C=O) groups is 1. The van der Waals surface area contributed by atoms with E-state index in [2.05, 4.69) is 15.4 Å². The Morgan fingerprint density at radius 1 is 1.06 bits per heavy atom. The standard InChI is InChI=1S/C27H27FN4O2/c1-18(2)26-25(16-30-32(26)23-12-10-21(28)11-13-23)27(33)31-19(3)20-7-6-9-24(15-20)34-17-22-8-4-5-14-29-22/h4-16,18-19H,17H2,1-3H3,(H,31,33). The number of rotatable bonds is 8. The zero-order valence-electron chi connectivity index (χ0n) is 19.4. The zero-order valence-corrected chi connectivity index (χ0v) is 19.4. The van der Waals surface area contributed by atoms with Crippen LogP contribution in [0, 0.1) is 5.82 Å². The van der Waals surface area contributed by atoms with Crippen LogP contribution in [0.2, 0.25) is 0 Å². The summed E-state index contributed by atoms with van der Waals surface area (Å²) in [6.45, 7) is 6.29. The average Bonchev–Trinajstić information content (AvgIpc) is 3.30. The van der Waals surface area contributed by atoms with Crippen LogP contribution in [0.5, 0.6) is 5.75 Å². The maximum atomic E-state index is 13.4. The lowest BCUT2D eigenvalue weighted by atomic mass is 10.0. The average molecular weight is 459 g/mol. The Labute approximate surface area is 198 Å². The number of benzene rings is 2. The second-order valence-electron chi connectivity index (χ2n) is 8.36. The lowest BCUT2D eigenvalue weighted by molar-refractivity contribution is 0.0938. The van der Waals surface area contributed by atoms with Gasteiger partial charge in [-0.25, -0.2) is 9.07 Å². The van der Waals surface area contributed by atoms with E-state index >= 15 is 0 Å². The SMILES string of the molecule is CC(C)c1c(C(=O)NC(C)c2cccc(OCc3ccccn3)c2)cnn1-c1ccc(F)cc1. The smallest absolute Gasteiger partial charge is 0.255 e. The molecular weight excluding hydrogens is 431 g/mol. The molecule has 2 aromatic heterocycles. The first-order valence-electron chi connectivity index (χ1n) is 11.2. The van der Waals surface area contributed by atoms with Crippen molar-refractivity contribution in [3.8, 4) is 11.4 Å². The van der Waals surface area contributed by atoms with Crippen molar-refractivity contribution >= 4 is 5.91 Å². The number of hydrogen-bond acceptors (Lipinski definition) is 4. The molecule has 0 aliphatic heterocycles. The second-order valence-corrected chi connectivity index (χ2v) is 8.36. The lowest BCUT2D eigenvalue weighted by Gasteiger charge is -2.17. The minimum absolute atomic E-state index is 0.0342. The summed E-state index contributed by atoms with van der Waals surface area (Å²) < 4.78 is 20.9. The topological polar surface area (TPSA) is 69.0 Å². The van der Waals surface area contributed by atoms with Crippen LogP contribution in [0.1, 0.15) is 60.0 Å². The number of ether oxygens (including phenoxy) is 1. The van der Waals surface area contributed by atoms with Gasteiger partial charge in [-0.05, 0) is 66.9 Å². The van der Waals surface area contributed by atoms with E-state index in [1.165, 1.54) is 12.1 Å². The van der Waals surface area contributed by atoms with Crippen LogP contribution in [0.4, 0.5) is 4.39 Å². The Kier molecular flexibility index (Phi) is 7.01. The van der Waals surface area contributed by atoms with Gasteiger partial charge in [0.05, 0.1) is 34.9 Å². The fourth-order valence-electron chi connectivity index (χ4n) is 3.75. The van der Waals surface area contributed by atoms with Crippen LogP contribution < -0.4 is 10.1 Å². The third-order valence-electron chi connectivity index (χ3n) is 5.49. The molecule has 2 aromatic carbocycles. The van der Waals surface area contributed by atoms with Gasteiger partial charge in [0.15, 0.2) is 0 Å². The van der Waals surface area contributed by atoms with Crippen LogP contribution in [0.25, 0.3) is 5.69 Å². The number of nitrogens with zero attached hydrogens (tertiary/aromatic N) is 3. The van der Waals surface area contributed by atoms with Crippen molar-refractivity contribution < 1.29 is 13.9 Å². The molecule has 0 aliphatic carbocycles. The number of carbonyl (C=O) groups excluding carboxylic acids is 1. The van der Waals surface area contributed by atoms with Gasteiger partial charge in [0.2, 0.25) is 0 Å². The van der Waals surface area contributed by atoms with Crippen LogP contribution in [0.3, 0.4) is 0 Å². The molecule has 0 radical (unpaired) electrons. The molecule has 1 atom stereocenters. The minimum atomic E-state index is -0.319. The van der Waals surface area contributed by atoms with Crippen LogP contribution >= 0.6 is 0 Å². The minimum Gasteiger partial charge on any atom is -0.487 e. The Bertz CT molecular complexity index is 1250. The van der Waals surface area contributed by atoms with Crippen LogP contribution in [0.15, 0.2) is 79.1 Å². The second kappa shape index (κ2) is 10.3. The normalized spacial score (nSPS) is 11.9. The molecule has 1 N–H and O–H groups in total. The first kappa shape index (κ1) is 23.2. The van der Waals surface area contributed by atoms with E-state index in [9.17, 15) is 9.18 Å². The van der Waals surface area contributed by atoms with E-state index in [4.69, 9.17) is 4.74 Å². The van der Waals surface area contributed by atoms with Gasteiger partial charge in [-0.3, -0.25) is 9.78 Å². The van der Waals surface area contributed by atoms with Gasteiger partial charge < -0.3 is 10.1 Å². The number of pyridine rings is 1. The van der Waals surface area contributed by atoms with Crippen molar-refractivity contribution in [3.05, 3.63) is 107 Å². The van der Waals surface area contributed by atoms with Gasteiger partial charge in [-0.1, -0.05) is 32.0 Å². The summed E-state index contributed by atoms with van der Waals surface area (Å²) >= 11 is 0. The highest BCUT2D eigenvalue weighted by molar-refractivity contribution is 5.95. The zero-order chi connectivity index (χ0) is 24.1. The summed E-state index contributed by atoms with van der Waals surface area (Å²) in [5.74, 6) is 0.201. The summed E-state index contributed by atoms with van der Waals surface area (Å²) in [7, 11) is 0. The molecule has 4 aromatic rings. The molecule has 6 nitrogen and oxygen atoms in total. The van der Waals surface area contributed by atoms with Gasteiger partial charge in [0.25, 0.3) is 5.91 Å². The molecule has 174 valence electrons. The maximum Gasteiger partial charge on any atom is 0.255 e. The molecule has 0 fully saturated rings. The summed E-state index contributed by atoms with van der Waals surface area (Å²) in [4.78, 5) is 17.5. The molecular formula is C27H27FN4O2. The molecule has 0 aliphatic rings. The van der Waals surface area contributed by atoms with E-state index < -0.39 is 0 Å². The van der Waals surface area contributed by atoms with E-state index in [1.807, 2.05) is 63.2 Å². The van der Waals surface area contributed by atoms with Crippen LogP contribution in [-0.2, 0) is 6.61 Å². The number of hydrogen-bond donors (Lipinski definition) is 1. The Balaban J connectivity index is 1.49. The predicted molar refractivity (Wildman–Crippen MR) is 129 cm³/mol. The van der Waals surface area contributed by atoms with E-state index in [0.717, 1.165) is 17.0 Å². The highest BCUT2D eigenvalue weighted by Crippen LogP contribution is 2.25. The van der Waals surface area contributed by atoms with Crippen molar-refractivity contribution in [2.45, 2.75) is 39.3 Å². The Morgan fingerprint density at radius 2 is 1.85 bits per heavy atom. The molecule has 34 heavy (non-hydrogen) atoms. The third-order valence-corrected chi connectivity index (χ3v) is 5.49. The molecule has 4 rings (SSSR count). The van der Waals surface area contributed by atoms with Gasteiger partial charge in [-0.15, -0.1) is 0 Å². The molecule has 0 saturated carbocycles. The summed E-state index contributed by atoms with van der Waals surface area (Å²) in [5, 5.41) is 7.48. The van der Waals surface area contributed by atoms with Crippen LogP contribution in [-0.4, -0.2) is 20.7 Å². The van der Waals surface area contributed by atoms with E-state index in [1.54, 1.807) is 29.2 Å². The van der Waals surface area contributed by atoms with Crippen molar-refractivity contribution in [3.63, 3.8) is 0 Å². The van der Waals surface area contributed by atoms with Gasteiger partial charge in [-0.2, -0.15) is 5.10 Å². The summed E-state index contributed by atoms with van der Waals surface area (Å²) in [6.07, 6.45) is 3.30. The van der Waals surface area contributed by atoms with Gasteiger partial charge >= 0.3 is 0 Å². The van der Waals surface area contributed by atoms with Crippen molar-refractivity contribution in [1.29, 1.82) is 0 Å². The molecule has 1 unspecified atom stereocenters. The van der Waals surface area contributed by atoms with Crippen molar-refractivity contribution in [1.82, 2.24) is 20.1 Å². The molecule has 7 heteroatoms. The Hall–Kier alpha value is -4.00. The third kappa shape index (κ3) is 5.31. The summed E-state index contributed by atoms with van der Waals surface area (Å²) in [5.41, 5.74) is 3.73. The molecule has 0 saturated heterocycles. The first-order valence-corrected chi connectivity index (χ1v) is 11.2. The molecule has 1 amide bonds. The largest absolute Gasteiger partial charge is 0.487 e. The molecule has 0 spiro atoms. The quantitative estimate of drug-likeness (QED) is 0.373. The number of halogens is 1. The predicted octanol–water partition coefficient (Wildman–Crippen LogP) is 5.60. The fourth-order valence-corrected chi connectivity index (χ4v) is 3.75. The maximum absolute atomic E-state index is 13.4. The van der Waals surface area contributed by atoms with Crippen molar-refractivity contribution in [2.24, 2.45) is 0 Å². The highest BCUT2D eigenvalue weighted by atomic mass is 19.1. The highest BCUT2D eigenvalue weighted by Gasteiger charge is 2.22. The fraction of sp³-hybridized carbons (Fsp3) is 0.222. The summed E-state index contributed by atoms with van der Waals surface area (Å²) in [6, 6.07) is 19.1. The lowest BCUT2D eigenvalue weighted by Crippen LogP contribution is -2.27. The van der Waals surface area contributed by atoms with Crippen molar-refractivity contribution in [2.75, 3.05) is 0 Å².